The Balaban J connectivity index is 0.000000120. The summed E-state index contributed by atoms with van der Waals surface area (Å²) in [6.45, 7) is 10.5. The van der Waals surface area contributed by atoms with E-state index in [4.69, 9.17) is 4.98 Å². The molecule has 532 valence electrons. The van der Waals surface area contributed by atoms with Gasteiger partial charge in [0.1, 0.15) is 34.6 Å². The highest BCUT2D eigenvalue weighted by atomic mass is 16.3. The number of benzene rings is 3. The molecule has 24 nitrogen and oxygen atoms in total. The predicted molar refractivity (Wildman–Crippen MR) is 405 cm³/mol. The lowest BCUT2D eigenvalue weighted by molar-refractivity contribution is 0.0950. The van der Waals surface area contributed by atoms with Gasteiger partial charge < -0.3 is 75.6 Å². The van der Waals surface area contributed by atoms with Gasteiger partial charge in [-0.3, -0.25) is 14.4 Å². The summed E-state index contributed by atoms with van der Waals surface area (Å²) in [5, 5.41) is 50.6. The number of aromatic nitrogens is 9. The van der Waals surface area contributed by atoms with Crippen molar-refractivity contribution in [2.45, 2.75) is 122 Å². The summed E-state index contributed by atoms with van der Waals surface area (Å²) in [4.78, 5) is 73.1. The fourth-order valence-corrected chi connectivity index (χ4v) is 16.0. The van der Waals surface area contributed by atoms with Crippen LogP contribution in [0.5, 0.6) is 0 Å². The number of anilines is 9. The molecule has 7 aliphatic heterocycles. The smallest absolute Gasteiger partial charge is 0.254 e. The molecule has 11 aromatic rings. The number of fused-ring (bicyclic) bond motifs is 6. The zero-order valence-electron chi connectivity index (χ0n) is 58.9. The number of nitrogens with one attached hydrogen (secondary N) is 6. The highest BCUT2D eigenvalue weighted by Crippen LogP contribution is 2.45. The molecule has 3 fully saturated rings. The van der Waals surface area contributed by atoms with E-state index in [0.29, 0.717) is 40.7 Å². The van der Waals surface area contributed by atoms with Gasteiger partial charge in [0, 0.05) is 114 Å². The molecule has 2 atom stereocenters. The van der Waals surface area contributed by atoms with E-state index in [2.05, 4.69) is 106 Å². The first-order chi connectivity index (χ1) is 50.7. The van der Waals surface area contributed by atoms with Crippen molar-refractivity contribution in [1.82, 2.24) is 59.6 Å². The number of carbonyl (C=O) groups is 3. The number of nitrogens with zero attached hydrogens (tertiary/aromatic N) is 12. The van der Waals surface area contributed by atoms with Gasteiger partial charge >= 0.3 is 0 Å². The lowest BCUT2D eigenvalue weighted by atomic mass is 9.91. The lowest BCUT2D eigenvalue weighted by Crippen LogP contribution is -2.35. The van der Waals surface area contributed by atoms with Gasteiger partial charge in [-0.1, -0.05) is 24.6 Å². The van der Waals surface area contributed by atoms with Crippen LogP contribution in [0.4, 0.5) is 51.6 Å². The second kappa shape index (κ2) is 28.6. The van der Waals surface area contributed by atoms with E-state index in [1.807, 2.05) is 153 Å². The summed E-state index contributed by atoms with van der Waals surface area (Å²) in [7, 11) is 3.97. The van der Waals surface area contributed by atoms with Gasteiger partial charge in [0.15, 0.2) is 0 Å². The first-order valence-corrected chi connectivity index (χ1v) is 36.4. The number of amides is 3. The molecule has 3 amide bonds. The molecule has 0 spiro atoms. The number of carbonyl (C=O) groups excluding carboxylic acids is 3. The Bertz CT molecular complexity index is 4830. The Labute approximate surface area is 602 Å². The summed E-state index contributed by atoms with van der Waals surface area (Å²) in [5.41, 5.74) is 18.6. The molecule has 0 bridgehead atoms. The van der Waals surface area contributed by atoms with Crippen LogP contribution in [-0.2, 0) is 33.6 Å². The Hall–Kier alpha value is -11.2. The minimum absolute atomic E-state index is 0.0570. The number of aryl methyl sites for hydroxylation is 3. The zero-order valence-corrected chi connectivity index (χ0v) is 58.9. The number of rotatable bonds is 12. The summed E-state index contributed by atoms with van der Waals surface area (Å²) >= 11 is 0. The van der Waals surface area contributed by atoms with Crippen molar-refractivity contribution in [3.05, 3.63) is 186 Å². The molecule has 0 aliphatic carbocycles. The van der Waals surface area contributed by atoms with Crippen molar-refractivity contribution in [1.29, 1.82) is 0 Å². The summed E-state index contributed by atoms with van der Waals surface area (Å²) in [5.74, 6) is 2.99. The van der Waals surface area contributed by atoms with E-state index in [0.717, 1.165) is 209 Å². The van der Waals surface area contributed by atoms with Crippen molar-refractivity contribution >= 4 is 91.4 Å². The minimum atomic E-state index is -0.205. The third-order valence-corrected chi connectivity index (χ3v) is 21.6. The maximum Gasteiger partial charge on any atom is 0.254 e. The maximum absolute atomic E-state index is 13.0. The quantitative estimate of drug-likeness (QED) is 0.0549. The molecule has 0 radical (unpaired) electrons. The van der Waals surface area contributed by atoms with Crippen LogP contribution in [0.1, 0.15) is 137 Å². The third-order valence-electron chi connectivity index (χ3n) is 21.6. The monoisotopic (exact) mass is 1390 g/mol. The van der Waals surface area contributed by atoms with Crippen molar-refractivity contribution in [2.75, 3.05) is 69.9 Å². The fraction of sp³-hybridized carbons (Fsp3) is 0.338. The van der Waals surface area contributed by atoms with Crippen LogP contribution in [0.15, 0.2) is 147 Å². The van der Waals surface area contributed by atoms with Crippen molar-refractivity contribution < 1.29 is 29.7 Å². The van der Waals surface area contributed by atoms with Crippen LogP contribution in [0.25, 0.3) is 55.6 Å². The summed E-state index contributed by atoms with van der Waals surface area (Å²) in [6, 6.07) is 32.1. The van der Waals surface area contributed by atoms with E-state index in [1.165, 1.54) is 12.8 Å². The second-order valence-electron chi connectivity index (χ2n) is 28.3. The topological polar surface area (TPSA) is 286 Å². The van der Waals surface area contributed by atoms with E-state index < -0.39 is 0 Å². The largest absolute Gasteiger partial charge is 0.393 e. The Morgan fingerprint density at radius 1 is 0.433 bits per heavy atom. The molecule has 8 aromatic heterocycles. The minimum Gasteiger partial charge on any atom is -0.393 e. The van der Waals surface area contributed by atoms with Crippen LogP contribution in [-0.4, -0.2) is 134 Å². The first-order valence-electron chi connectivity index (χ1n) is 36.4. The van der Waals surface area contributed by atoms with Crippen LogP contribution in [0.2, 0.25) is 0 Å². The number of aliphatic hydroxyl groups is 3. The number of imidazole rings is 1. The molecule has 24 heteroatoms. The molecule has 18 rings (SSSR count). The molecule has 0 saturated carbocycles. The molecule has 15 heterocycles. The van der Waals surface area contributed by atoms with E-state index in [1.54, 1.807) is 0 Å². The Kier molecular flexibility index (Phi) is 18.5. The predicted octanol–water partition coefficient (Wildman–Crippen LogP) is 11.9. The number of pyridine rings is 5. The molecular formula is C80H86N18O6. The van der Waals surface area contributed by atoms with Crippen molar-refractivity contribution in [3.8, 4) is 33.5 Å². The average Bonchev–Trinajstić information content (AvgIpc) is 1.57. The lowest BCUT2D eigenvalue weighted by Gasteiger charge is -2.31. The maximum atomic E-state index is 13.0. The van der Waals surface area contributed by atoms with E-state index in [-0.39, 0.29) is 48.1 Å². The second-order valence-corrected chi connectivity index (χ2v) is 28.3. The number of piperidine rings is 3. The highest BCUT2D eigenvalue weighted by Gasteiger charge is 2.35. The average molecular weight is 1400 g/mol. The molecule has 0 unspecified atom stereocenters. The standard InChI is InChI=1S/2C27H28N6O2.C26H30N6O2/c2*1-16-24-20(19-7-11-28-26-21(19)10-12-32(26)2)4-5-22(25(24)27(35)30-16)31-23-6-3-17(15-29-23)33-13-8-18(34)9-14-33;33-18-9-12-31(13-10-18)17-5-8-23(27-14-17)30-21-7-6-19(20-15-29-26(34)25(20)21)22-16-28-24-4-2-1-3-11-32(22)24/h2*3-7,10-12,15-16,18,34H,8-9,13-14H2,1-2H3,(H,29,31)(H,30,35);5-8,14,16,18,33H,1-4,9-13,15H2,(H,27,30)(H,29,34)/t2*16-;/m10./s1. The molecule has 3 saturated heterocycles. The molecule has 7 aliphatic rings. The van der Waals surface area contributed by atoms with Crippen LogP contribution >= 0.6 is 0 Å². The number of hydrogen-bond acceptors (Lipinski definition) is 18. The van der Waals surface area contributed by atoms with Crippen molar-refractivity contribution in [2.24, 2.45) is 14.1 Å². The summed E-state index contributed by atoms with van der Waals surface area (Å²) < 4.78 is 6.34. The van der Waals surface area contributed by atoms with Crippen LogP contribution in [0, 0.1) is 0 Å². The van der Waals surface area contributed by atoms with E-state index in [9.17, 15) is 29.7 Å². The van der Waals surface area contributed by atoms with Gasteiger partial charge in [-0.15, -0.1) is 0 Å². The van der Waals surface area contributed by atoms with Crippen LogP contribution < -0.4 is 46.6 Å². The van der Waals surface area contributed by atoms with Crippen LogP contribution in [0.3, 0.4) is 0 Å². The van der Waals surface area contributed by atoms with Gasteiger partial charge in [-0.2, -0.15) is 0 Å². The van der Waals surface area contributed by atoms with E-state index >= 15 is 0 Å². The molecule has 3 aromatic carbocycles. The zero-order chi connectivity index (χ0) is 71.3. The third kappa shape index (κ3) is 13.2. The normalized spacial score (nSPS) is 18.1. The highest BCUT2D eigenvalue weighted by molar-refractivity contribution is 6.10. The molecule has 9 N–H and O–H groups in total. The van der Waals surface area contributed by atoms with Gasteiger partial charge in [-0.25, -0.2) is 29.9 Å². The Morgan fingerprint density at radius 3 is 1.30 bits per heavy atom. The SMILES string of the molecule is C[C@@H]1NC(=O)c2c(Nc3ccc(N4CCC(O)CC4)cn3)ccc(-c3ccnc4c3ccn4C)c21.C[C@H]1NC(=O)c2c(Nc3ccc(N4CCC(O)CC4)cn3)ccc(-c3ccnc4c3ccn4C)c21.O=C1NCc2c(-c3cnc4n3CCCCC4)ccc(Nc3ccc(N4CCC(O)CC4)cn3)c21. The van der Waals surface area contributed by atoms with Gasteiger partial charge in [-0.05, 0) is 183 Å². The van der Waals surface area contributed by atoms with Crippen molar-refractivity contribution in [3.63, 3.8) is 0 Å². The fourth-order valence-electron chi connectivity index (χ4n) is 16.0. The van der Waals surface area contributed by atoms with Gasteiger partial charge in [0.2, 0.25) is 0 Å². The van der Waals surface area contributed by atoms with Gasteiger partial charge in [0.25, 0.3) is 17.7 Å². The number of aliphatic hydroxyl groups excluding tert-OH is 3. The summed E-state index contributed by atoms with van der Waals surface area (Å²) in [6.07, 6.45) is 23.8. The molecule has 104 heavy (non-hydrogen) atoms. The number of hydrogen-bond donors (Lipinski definition) is 9. The van der Waals surface area contributed by atoms with Gasteiger partial charge in [0.05, 0.1) is 112 Å². The first kappa shape index (κ1) is 67.3. The Morgan fingerprint density at radius 2 is 0.865 bits per heavy atom. The molecular weight excluding hydrogens is 1310 g/mol.